The van der Waals surface area contributed by atoms with Crippen LogP contribution in [0.25, 0.3) is 83.3 Å². The highest BCUT2D eigenvalue weighted by atomic mass is 16.5. The van der Waals surface area contributed by atoms with Gasteiger partial charge in [-0.2, -0.15) is 46.4 Å². The van der Waals surface area contributed by atoms with Gasteiger partial charge in [0.25, 0.3) is 0 Å². The highest BCUT2D eigenvalue weighted by Gasteiger charge is 2.27. The van der Waals surface area contributed by atoms with Gasteiger partial charge in [-0.1, -0.05) is 37.2 Å². The number of nitrogens with zero attached hydrogens (tertiary/aromatic N) is 23. The van der Waals surface area contributed by atoms with Crippen LogP contribution in [0.1, 0.15) is 86.7 Å². The molecule has 18 rings (SSSR count). The standard InChI is InChI=1S/C30H32N8O.C30H25N7O.C29H24N8O.CH4/c1-35-21-26(20-33-35)24-16-28(30-25(17-31)19-34-38(30)22-24)23-6-7-29(32-18-23)37-13-8-27(9-14-37)39-15-4-2-3-10-36-11-5-12-36;1-3-21-5-4-6-27(13-21)38-26-9-11-36(12-10-26)29-8-7-22(16-32-29)28-14-23(25-18-33-35(2)19-25)20-37-30(28)24(15-31)17-34-37;1-3-24-13-26(6-9-31-24)38-25-7-10-36(11-8-25)28-5-4-20(15-32-28)27-12-21(23-17-33-35(2)18-23)19-37-29(27)22(14-30)16-34-37;/h6-7,16,18-22,27H,4-5,8-15H2,1H3;1,4-8,13-14,16-20,26H,9-12H2,2H3;1,4-6,9,12-13,15-19,25H,7-8,10-11H2,2H3;1H4. The molecular weight excluding hydrogens is 1450 g/mol. The Morgan fingerprint density at radius 3 is 1.20 bits per heavy atom. The molecule has 578 valence electrons. The molecular formula is C90H85N23O3. The van der Waals surface area contributed by atoms with E-state index < -0.39 is 0 Å². The lowest BCUT2D eigenvalue weighted by Crippen LogP contribution is -2.38. The van der Waals surface area contributed by atoms with Crippen LogP contribution in [0.5, 0.6) is 11.5 Å². The van der Waals surface area contributed by atoms with E-state index in [0.717, 1.165) is 209 Å². The number of benzene rings is 1. The summed E-state index contributed by atoms with van der Waals surface area (Å²) in [5, 5.41) is 55.2. The monoisotopic (exact) mass is 1540 g/mol. The van der Waals surface area contributed by atoms with Crippen LogP contribution in [-0.2, 0) is 25.9 Å². The van der Waals surface area contributed by atoms with Crippen LogP contribution in [0.15, 0.2) is 190 Å². The van der Waals surface area contributed by atoms with Crippen LogP contribution in [0.3, 0.4) is 0 Å². The van der Waals surface area contributed by atoms with Gasteiger partial charge < -0.3 is 28.9 Å². The van der Waals surface area contributed by atoms with Gasteiger partial charge in [-0.15, -0.1) is 12.8 Å². The maximum atomic E-state index is 9.69. The molecule has 0 atom stereocenters. The molecule has 1 aromatic carbocycles. The van der Waals surface area contributed by atoms with Crippen molar-refractivity contribution in [2.75, 3.05) is 80.2 Å². The van der Waals surface area contributed by atoms with Crippen molar-refractivity contribution in [2.45, 2.75) is 77.1 Å². The fourth-order valence-electron chi connectivity index (χ4n) is 15.0. The van der Waals surface area contributed by atoms with Gasteiger partial charge in [0.1, 0.15) is 65.1 Å². The van der Waals surface area contributed by atoms with Gasteiger partial charge in [-0.05, 0) is 98.1 Å². The molecule has 26 heteroatoms. The molecule has 4 aliphatic heterocycles. The zero-order chi connectivity index (χ0) is 78.7. The smallest absolute Gasteiger partial charge is 0.128 e. The molecule has 0 aliphatic carbocycles. The fourth-order valence-corrected chi connectivity index (χ4v) is 15.0. The number of hydrogen-bond acceptors (Lipinski definition) is 20. The number of nitriles is 3. The van der Waals surface area contributed by atoms with Crippen LogP contribution in [-0.4, -0.2) is 167 Å². The average molecular weight is 1540 g/mol. The lowest BCUT2D eigenvalue weighted by atomic mass is 10.0. The molecule has 0 radical (unpaired) electrons. The second-order valence-electron chi connectivity index (χ2n) is 28.8. The number of pyridine rings is 7. The van der Waals surface area contributed by atoms with Crippen molar-refractivity contribution >= 4 is 34.0 Å². The van der Waals surface area contributed by atoms with E-state index in [-0.39, 0.29) is 25.7 Å². The van der Waals surface area contributed by atoms with Gasteiger partial charge in [0.2, 0.25) is 0 Å². The molecule has 0 amide bonds. The maximum Gasteiger partial charge on any atom is 0.128 e. The highest BCUT2D eigenvalue weighted by molar-refractivity contribution is 5.90. The summed E-state index contributed by atoms with van der Waals surface area (Å²) in [4.78, 5) is 27.8. The first-order chi connectivity index (χ1) is 56.4. The molecule has 116 heavy (non-hydrogen) atoms. The summed E-state index contributed by atoms with van der Waals surface area (Å²) >= 11 is 0. The van der Waals surface area contributed by atoms with Gasteiger partial charge in [-0.3, -0.25) is 18.9 Å². The molecule has 0 saturated carbocycles. The molecule has 0 N–H and O–H groups in total. The number of aromatic nitrogens is 16. The van der Waals surface area contributed by atoms with E-state index in [0.29, 0.717) is 29.0 Å². The Balaban J connectivity index is 0.000000136. The lowest BCUT2D eigenvalue weighted by Gasteiger charge is -2.33. The quantitative estimate of drug-likeness (QED) is 0.0605. The van der Waals surface area contributed by atoms with Crippen molar-refractivity contribution in [2.24, 2.45) is 21.1 Å². The fraction of sp³-hybridized carbons (Fsp3) is 0.278. The number of terminal acetylenes is 2. The first-order valence-corrected chi connectivity index (χ1v) is 38.4. The van der Waals surface area contributed by atoms with Gasteiger partial charge in [-0.25, -0.2) is 33.5 Å². The van der Waals surface area contributed by atoms with Crippen molar-refractivity contribution in [1.82, 2.24) is 83.0 Å². The van der Waals surface area contributed by atoms with E-state index in [1.165, 1.54) is 19.5 Å². The van der Waals surface area contributed by atoms with Crippen molar-refractivity contribution in [3.63, 3.8) is 0 Å². The normalized spacial score (nSPS) is 14.4. The first-order valence-electron chi connectivity index (χ1n) is 38.4. The van der Waals surface area contributed by atoms with Crippen molar-refractivity contribution < 1.29 is 14.2 Å². The van der Waals surface area contributed by atoms with E-state index in [1.54, 1.807) is 58.4 Å². The minimum Gasteiger partial charge on any atom is -0.490 e. The Morgan fingerprint density at radius 1 is 0.414 bits per heavy atom. The first kappa shape index (κ1) is 76.9. The Kier molecular flexibility index (Phi) is 23.3. The molecule has 14 aromatic rings. The molecule has 17 heterocycles. The molecule has 0 bridgehead atoms. The minimum absolute atomic E-state index is 0. The second-order valence-corrected chi connectivity index (χ2v) is 28.8. The third kappa shape index (κ3) is 17.3. The van der Waals surface area contributed by atoms with Gasteiger partial charge in [0.05, 0.1) is 89.7 Å². The number of rotatable bonds is 17. The molecule has 0 unspecified atom stereocenters. The van der Waals surface area contributed by atoms with Crippen LogP contribution >= 0.6 is 0 Å². The molecule has 4 aliphatic rings. The summed E-state index contributed by atoms with van der Waals surface area (Å²) < 4.78 is 29.0. The molecule has 13 aromatic heterocycles. The van der Waals surface area contributed by atoms with E-state index in [4.69, 9.17) is 42.0 Å². The molecule has 4 saturated heterocycles. The average Bonchev–Trinajstić information content (AvgIpc) is 1.59. The van der Waals surface area contributed by atoms with E-state index >= 15 is 0 Å². The summed E-state index contributed by atoms with van der Waals surface area (Å²) in [6.07, 6.45) is 48.4. The number of hydrogen-bond donors (Lipinski definition) is 0. The lowest BCUT2D eigenvalue weighted by molar-refractivity contribution is 0.0407. The van der Waals surface area contributed by atoms with Crippen molar-refractivity contribution in [3.05, 3.63) is 218 Å². The Morgan fingerprint density at radius 2 is 0.836 bits per heavy atom. The molecule has 0 spiro atoms. The summed E-state index contributed by atoms with van der Waals surface area (Å²) in [5.74, 6) is 16.1. The topological polar surface area (TPSA) is 269 Å². The number of piperidine rings is 3. The predicted octanol–water partition coefficient (Wildman–Crippen LogP) is 13.2. The van der Waals surface area contributed by atoms with Crippen molar-refractivity contribution in [1.29, 1.82) is 15.8 Å². The minimum atomic E-state index is 0. The van der Waals surface area contributed by atoms with Gasteiger partial charge >= 0.3 is 0 Å². The van der Waals surface area contributed by atoms with E-state index in [9.17, 15) is 15.8 Å². The number of aryl methyl sites for hydroxylation is 3. The van der Waals surface area contributed by atoms with Crippen molar-refractivity contribution in [3.8, 4) is 133 Å². The summed E-state index contributed by atoms with van der Waals surface area (Å²) in [7, 11) is 5.67. The Labute approximate surface area is 673 Å². The van der Waals surface area contributed by atoms with E-state index in [2.05, 4.69) is 140 Å². The zero-order valence-electron chi connectivity index (χ0n) is 64.0. The second kappa shape index (κ2) is 35.1. The third-order valence-corrected chi connectivity index (χ3v) is 21.2. The third-order valence-electron chi connectivity index (χ3n) is 21.2. The summed E-state index contributed by atoms with van der Waals surface area (Å²) in [6.45, 7) is 9.21. The van der Waals surface area contributed by atoms with E-state index in [1.807, 2.05) is 138 Å². The van der Waals surface area contributed by atoms with Gasteiger partial charge in [0, 0.05) is 246 Å². The predicted molar refractivity (Wildman–Crippen MR) is 446 cm³/mol. The number of likely N-dealkylation sites (tertiary alicyclic amines) is 1. The Hall–Kier alpha value is -14.4. The van der Waals surface area contributed by atoms with Crippen LogP contribution in [0.4, 0.5) is 17.5 Å². The number of fused-ring (bicyclic) bond motifs is 3. The SMILES string of the molecule is C.C#Cc1cc(OC2CCN(c3ccc(-c4cc(-c5cnn(C)c5)cn5ncc(C#N)c45)cn3)CC2)ccn1.C#Cc1cccc(OC2CCN(c3ccc(-c4cc(-c5cnn(C)c5)cn5ncc(C#N)c45)cn3)CC2)c1.Cn1cc(-c2cc(-c3ccc(N4CCC(OCCC#CCN5CCC5)CC4)nc3)c3c(C#N)cnn3c2)cn1. The molecule has 26 nitrogen and oxygen atoms in total. The molecule has 4 fully saturated rings. The summed E-state index contributed by atoms with van der Waals surface area (Å²) in [6, 6.07) is 36.7. The largest absolute Gasteiger partial charge is 0.490 e. The van der Waals surface area contributed by atoms with Crippen LogP contribution in [0.2, 0.25) is 0 Å². The van der Waals surface area contributed by atoms with Gasteiger partial charge in [0.15, 0.2) is 0 Å². The highest BCUT2D eigenvalue weighted by Crippen LogP contribution is 2.38. The van der Waals surface area contributed by atoms with Crippen LogP contribution in [0, 0.1) is 70.5 Å². The summed E-state index contributed by atoms with van der Waals surface area (Å²) in [5.41, 5.74) is 16.6. The maximum absolute atomic E-state index is 9.69. The number of ether oxygens (including phenoxy) is 3. The number of anilines is 3. The Bertz CT molecular complexity index is 5860. The zero-order valence-corrected chi connectivity index (χ0v) is 64.0. The van der Waals surface area contributed by atoms with Crippen LogP contribution < -0.4 is 24.2 Å².